The monoisotopic (exact) mass is 283 g/mol. The van der Waals surface area contributed by atoms with E-state index < -0.39 is 0 Å². The lowest BCUT2D eigenvalue weighted by atomic mass is 9.94. The van der Waals surface area contributed by atoms with Crippen molar-refractivity contribution in [2.45, 2.75) is 58.9 Å². The first-order valence-corrected chi connectivity index (χ1v) is 7.83. The minimum absolute atomic E-state index is 0.454. The molecule has 0 radical (unpaired) electrons. The summed E-state index contributed by atoms with van der Waals surface area (Å²) in [4.78, 5) is 0. The molecule has 3 nitrogen and oxygen atoms in total. The van der Waals surface area contributed by atoms with E-state index in [1.54, 1.807) is 0 Å². The van der Waals surface area contributed by atoms with Gasteiger partial charge in [0.15, 0.2) is 0 Å². The molecule has 0 saturated heterocycles. The summed E-state index contributed by atoms with van der Waals surface area (Å²) in [5.41, 5.74) is 2.66. The molecule has 1 aliphatic carbocycles. The lowest BCUT2D eigenvalue weighted by Gasteiger charge is -2.25. The Balaban J connectivity index is 2.14. The molecule has 1 aromatic heterocycles. The van der Waals surface area contributed by atoms with E-state index in [1.807, 2.05) is 11.7 Å². The van der Waals surface area contributed by atoms with Crippen molar-refractivity contribution in [3.63, 3.8) is 0 Å². The fraction of sp³-hybridized carbons (Fsp3) is 0.800. The molecule has 1 heterocycles. The normalized spacial score (nSPS) is 18.6. The number of aromatic nitrogens is 2. The van der Waals surface area contributed by atoms with Gasteiger partial charge >= 0.3 is 0 Å². The molecular formula is C15H26ClN3. The minimum atomic E-state index is 0.454. The zero-order valence-electron chi connectivity index (χ0n) is 12.6. The number of rotatable bonds is 7. The van der Waals surface area contributed by atoms with Gasteiger partial charge in [0.25, 0.3) is 0 Å². The highest BCUT2D eigenvalue weighted by Crippen LogP contribution is 2.49. The molecule has 0 bridgehead atoms. The number of hydrogen-bond acceptors (Lipinski definition) is 2. The number of halogens is 1. The van der Waals surface area contributed by atoms with Gasteiger partial charge < -0.3 is 5.32 Å². The Bertz CT molecular complexity index is 435. The van der Waals surface area contributed by atoms with Gasteiger partial charge in [0.1, 0.15) is 0 Å². The molecule has 108 valence electrons. The Kier molecular flexibility index (Phi) is 4.57. The van der Waals surface area contributed by atoms with E-state index in [0.717, 1.165) is 30.1 Å². The second kappa shape index (κ2) is 5.84. The van der Waals surface area contributed by atoms with E-state index in [4.69, 9.17) is 11.6 Å². The largest absolute Gasteiger partial charge is 0.313 e. The van der Waals surface area contributed by atoms with Gasteiger partial charge in [-0.2, -0.15) is 5.10 Å². The van der Waals surface area contributed by atoms with E-state index in [-0.39, 0.29) is 0 Å². The molecule has 0 amide bonds. The van der Waals surface area contributed by atoms with Gasteiger partial charge in [0.2, 0.25) is 0 Å². The highest BCUT2D eigenvalue weighted by molar-refractivity contribution is 6.31. The van der Waals surface area contributed by atoms with Gasteiger partial charge in [-0.1, -0.05) is 32.4 Å². The number of nitrogens with one attached hydrogen (secondary N) is 1. The molecule has 4 heteroatoms. The predicted octanol–water partition coefficient (Wildman–Crippen LogP) is 3.35. The fourth-order valence-electron chi connectivity index (χ4n) is 2.66. The molecule has 0 aliphatic heterocycles. The lowest BCUT2D eigenvalue weighted by Crippen LogP contribution is -2.39. The summed E-state index contributed by atoms with van der Waals surface area (Å²) >= 11 is 6.47. The number of nitrogens with zero attached hydrogens (tertiary/aromatic N) is 2. The zero-order chi connectivity index (χ0) is 14.0. The summed E-state index contributed by atoms with van der Waals surface area (Å²) in [6.07, 6.45) is 5.71. The van der Waals surface area contributed by atoms with Crippen LogP contribution in [-0.2, 0) is 19.9 Å². The molecule has 1 atom stereocenters. The standard InChI is InChI=1S/C15H26ClN3/c1-5-9-17-13(15(3)7-8-15)10-12-14(16)11(6-2)18-19(12)4/h13,17H,5-10H2,1-4H3. The quantitative estimate of drug-likeness (QED) is 0.832. The van der Waals surface area contributed by atoms with Gasteiger partial charge in [0, 0.05) is 19.5 Å². The highest BCUT2D eigenvalue weighted by Gasteiger charge is 2.44. The first kappa shape index (κ1) is 14.9. The molecule has 2 rings (SSSR count). The second-order valence-electron chi connectivity index (χ2n) is 6.05. The molecule has 0 aromatic carbocycles. The molecule has 1 unspecified atom stereocenters. The minimum Gasteiger partial charge on any atom is -0.313 e. The lowest BCUT2D eigenvalue weighted by molar-refractivity contribution is 0.348. The molecule has 1 saturated carbocycles. The molecular weight excluding hydrogens is 258 g/mol. The maximum atomic E-state index is 6.47. The molecule has 1 N–H and O–H groups in total. The van der Waals surface area contributed by atoms with Crippen LogP contribution in [0.2, 0.25) is 5.02 Å². The smallest absolute Gasteiger partial charge is 0.0850 e. The SMILES string of the molecule is CCCNC(Cc1c(Cl)c(CC)nn1C)C1(C)CC1. The van der Waals surface area contributed by atoms with E-state index in [2.05, 4.69) is 31.2 Å². The van der Waals surface area contributed by atoms with E-state index in [9.17, 15) is 0 Å². The average molecular weight is 284 g/mol. The maximum absolute atomic E-state index is 6.47. The summed E-state index contributed by atoms with van der Waals surface area (Å²) < 4.78 is 1.97. The van der Waals surface area contributed by atoms with Crippen molar-refractivity contribution in [1.29, 1.82) is 0 Å². The summed E-state index contributed by atoms with van der Waals surface area (Å²) in [6.45, 7) is 7.78. The first-order valence-electron chi connectivity index (χ1n) is 7.45. The van der Waals surface area contributed by atoms with Crippen molar-refractivity contribution in [1.82, 2.24) is 15.1 Å². The third-order valence-corrected chi connectivity index (χ3v) is 4.86. The third-order valence-electron chi connectivity index (χ3n) is 4.42. The van der Waals surface area contributed by atoms with Crippen LogP contribution in [0, 0.1) is 5.41 Å². The summed E-state index contributed by atoms with van der Waals surface area (Å²) in [5, 5.41) is 9.10. The molecule has 19 heavy (non-hydrogen) atoms. The zero-order valence-corrected chi connectivity index (χ0v) is 13.3. The van der Waals surface area contributed by atoms with Crippen LogP contribution < -0.4 is 5.32 Å². The van der Waals surface area contributed by atoms with Crippen LogP contribution in [0.3, 0.4) is 0 Å². The Morgan fingerprint density at radius 1 is 1.42 bits per heavy atom. The van der Waals surface area contributed by atoms with Gasteiger partial charge in [0.05, 0.1) is 16.4 Å². The molecule has 0 spiro atoms. The van der Waals surface area contributed by atoms with Crippen molar-refractivity contribution in [2.75, 3.05) is 6.54 Å². The van der Waals surface area contributed by atoms with Crippen molar-refractivity contribution in [3.8, 4) is 0 Å². The first-order chi connectivity index (χ1) is 9.01. The van der Waals surface area contributed by atoms with Crippen LogP contribution in [0.4, 0.5) is 0 Å². The van der Waals surface area contributed by atoms with E-state index >= 15 is 0 Å². The number of aryl methyl sites for hydroxylation is 2. The Labute approximate surface area is 121 Å². The van der Waals surface area contributed by atoms with Gasteiger partial charge in [-0.05, 0) is 37.6 Å². The second-order valence-corrected chi connectivity index (χ2v) is 6.43. The van der Waals surface area contributed by atoms with Crippen LogP contribution in [0.1, 0.15) is 51.4 Å². The summed E-state index contributed by atoms with van der Waals surface area (Å²) in [6, 6.07) is 0.519. The van der Waals surface area contributed by atoms with Crippen molar-refractivity contribution in [2.24, 2.45) is 12.5 Å². The Morgan fingerprint density at radius 3 is 2.58 bits per heavy atom. The highest BCUT2D eigenvalue weighted by atomic mass is 35.5. The van der Waals surface area contributed by atoms with Gasteiger partial charge in [-0.15, -0.1) is 0 Å². The fourth-order valence-corrected chi connectivity index (χ4v) is 3.03. The van der Waals surface area contributed by atoms with Gasteiger partial charge in [-0.3, -0.25) is 4.68 Å². The Morgan fingerprint density at radius 2 is 2.11 bits per heavy atom. The molecule has 1 aromatic rings. The summed E-state index contributed by atoms with van der Waals surface area (Å²) in [5.74, 6) is 0. The Hall–Kier alpha value is -0.540. The van der Waals surface area contributed by atoms with Crippen LogP contribution in [0.25, 0.3) is 0 Å². The van der Waals surface area contributed by atoms with E-state index in [0.29, 0.717) is 11.5 Å². The number of hydrogen-bond donors (Lipinski definition) is 1. The van der Waals surface area contributed by atoms with Crippen LogP contribution >= 0.6 is 11.6 Å². The maximum Gasteiger partial charge on any atom is 0.0850 e. The third kappa shape index (κ3) is 3.14. The van der Waals surface area contributed by atoms with Crippen molar-refractivity contribution >= 4 is 11.6 Å². The van der Waals surface area contributed by atoms with Crippen LogP contribution in [0.5, 0.6) is 0 Å². The molecule has 1 aliphatic rings. The topological polar surface area (TPSA) is 29.9 Å². The van der Waals surface area contributed by atoms with Crippen molar-refractivity contribution in [3.05, 3.63) is 16.4 Å². The van der Waals surface area contributed by atoms with E-state index in [1.165, 1.54) is 25.0 Å². The van der Waals surface area contributed by atoms with Gasteiger partial charge in [-0.25, -0.2) is 0 Å². The average Bonchev–Trinajstić information content (AvgIpc) is 3.07. The van der Waals surface area contributed by atoms with Crippen LogP contribution in [0.15, 0.2) is 0 Å². The van der Waals surface area contributed by atoms with Crippen LogP contribution in [-0.4, -0.2) is 22.4 Å². The molecule has 1 fully saturated rings. The van der Waals surface area contributed by atoms with Crippen molar-refractivity contribution < 1.29 is 0 Å². The summed E-state index contributed by atoms with van der Waals surface area (Å²) in [7, 11) is 2.01. The predicted molar refractivity (Wildman–Crippen MR) is 80.7 cm³/mol.